The highest BCUT2D eigenvalue weighted by molar-refractivity contribution is 5.45. The zero-order chi connectivity index (χ0) is 14.4. The first-order valence-corrected chi connectivity index (χ1v) is 7.46. The first-order valence-electron chi connectivity index (χ1n) is 7.46. The minimum atomic E-state index is -0.326. The van der Waals surface area contributed by atoms with Crippen LogP contribution in [0.5, 0.6) is 11.5 Å². The van der Waals surface area contributed by atoms with Crippen molar-refractivity contribution in [1.29, 1.82) is 0 Å². The van der Waals surface area contributed by atoms with Gasteiger partial charge in [-0.15, -0.1) is 0 Å². The lowest BCUT2D eigenvalue weighted by Gasteiger charge is -2.29. The molecular formula is C16H25NO3. The molecule has 0 aliphatic carbocycles. The van der Waals surface area contributed by atoms with Gasteiger partial charge in [0.25, 0.3) is 0 Å². The lowest BCUT2D eigenvalue weighted by atomic mass is 9.84. The van der Waals surface area contributed by atoms with Crippen molar-refractivity contribution in [2.75, 3.05) is 26.4 Å². The van der Waals surface area contributed by atoms with E-state index in [1.807, 2.05) is 26.0 Å². The fourth-order valence-corrected chi connectivity index (χ4v) is 2.62. The van der Waals surface area contributed by atoms with Gasteiger partial charge in [0.05, 0.1) is 13.2 Å². The van der Waals surface area contributed by atoms with E-state index < -0.39 is 0 Å². The Morgan fingerprint density at radius 3 is 2.60 bits per heavy atom. The minimum Gasteiger partial charge on any atom is -0.490 e. The molecule has 2 N–H and O–H groups in total. The Morgan fingerprint density at radius 2 is 1.85 bits per heavy atom. The second-order valence-corrected chi connectivity index (χ2v) is 5.15. The second kappa shape index (κ2) is 6.95. The molecule has 0 bridgehead atoms. The predicted molar refractivity (Wildman–Crippen MR) is 79.3 cm³/mol. The molecule has 0 saturated carbocycles. The zero-order valence-electron chi connectivity index (χ0n) is 12.5. The van der Waals surface area contributed by atoms with Gasteiger partial charge in [-0.05, 0) is 50.8 Å². The highest BCUT2D eigenvalue weighted by atomic mass is 16.5. The number of hydrogen-bond donors (Lipinski definition) is 1. The van der Waals surface area contributed by atoms with Crippen molar-refractivity contribution in [2.24, 2.45) is 5.73 Å². The molecule has 112 valence electrons. The molecule has 20 heavy (non-hydrogen) atoms. The van der Waals surface area contributed by atoms with Crippen LogP contribution in [0, 0.1) is 0 Å². The third kappa shape index (κ3) is 3.44. The summed E-state index contributed by atoms with van der Waals surface area (Å²) in [5, 5.41) is 0. The van der Waals surface area contributed by atoms with Crippen LogP contribution in [0.25, 0.3) is 0 Å². The lowest BCUT2D eigenvalue weighted by Crippen LogP contribution is -2.36. The molecule has 0 spiro atoms. The molecule has 4 nitrogen and oxygen atoms in total. The Bertz CT molecular complexity index is 426. The van der Waals surface area contributed by atoms with Crippen molar-refractivity contribution in [3.63, 3.8) is 0 Å². The molecule has 1 aromatic carbocycles. The van der Waals surface area contributed by atoms with Crippen LogP contribution in [0.3, 0.4) is 0 Å². The molecule has 1 aliphatic heterocycles. The van der Waals surface area contributed by atoms with Gasteiger partial charge in [-0.3, -0.25) is 0 Å². The monoisotopic (exact) mass is 279 g/mol. The maximum Gasteiger partial charge on any atom is 0.161 e. The van der Waals surface area contributed by atoms with E-state index in [2.05, 4.69) is 6.07 Å². The molecule has 2 rings (SSSR count). The number of hydrogen-bond acceptors (Lipinski definition) is 4. The normalized spacial score (nSPS) is 23.1. The Kier molecular flexibility index (Phi) is 5.26. The van der Waals surface area contributed by atoms with Crippen LogP contribution in [-0.4, -0.2) is 26.4 Å². The summed E-state index contributed by atoms with van der Waals surface area (Å²) < 4.78 is 16.8. The van der Waals surface area contributed by atoms with Gasteiger partial charge >= 0.3 is 0 Å². The van der Waals surface area contributed by atoms with Crippen LogP contribution in [0.4, 0.5) is 0 Å². The van der Waals surface area contributed by atoms with E-state index in [1.165, 1.54) is 0 Å². The molecule has 0 radical (unpaired) electrons. The first-order chi connectivity index (χ1) is 9.69. The molecular weight excluding hydrogens is 254 g/mol. The van der Waals surface area contributed by atoms with Gasteiger partial charge in [-0.1, -0.05) is 6.07 Å². The summed E-state index contributed by atoms with van der Waals surface area (Å²) in [5.41, 5.74) is 7.37. The first kappa shape index (κ1) is 15.1. The summed E-state index contributed by atoms with van der Waals surface area (Å²) in [4.78, 5) is 0. The molecule has 1 fully saturated rings. The van der Waals surface area contributed by atoms with Gasteiger partial charge in [0.1, 0.15) is 0 Å². The summed E-state index contributed by atoms with van der Waals surface area (Å²) in [6.45, 7) is 6.70. The maximum atomic E-state index is 6.59. The Balaban J connectivity index is 2.28. The average Bonchev–Trinajstić information content (AvgIpc) is 2.67. The summed E-state index contributed by atoms with van der Waals surface area (Å²) in [6.07, 6.45) is 2.77. The molecule has 0 aromatic heterocycles. The smallest absolute Gasteiger partial charge is 0.161 e. The van der Waals surface area contributed by atoms with Crippen molar-refractivity contribution in [3.8, 4) is 11.5 Å². The van der Waals surface area contributed by atoms with Gasteiger partial charge in [0.2, 0.25) is 0 Å². The summed E-state index contributed by atoms with van der Waals surface area (Å²) in [7, 11) is 0. The van der Waals surface area contributed by atoms with Gasteiger partial charge in [0.15, 0.2) is 11.5 Å². The Labute approximate surface area is 121 Å². The number of ether oxygens (including phenoxy) is 3. The van der Waals surface area contributed by atoms with Crippen LogP contribution in [-0.2, 0) is 10.3 Å². The minimum absolute atomic E-state index is 0.326. The molecule has 1 unspecified atom stereocenters. The van der Waals surface area contributed by atoms with Crippen LogP contribution < -0.4 is 15.2 Å². The van der Waals surface area contributed by atoms with Crippen LogP contribution in [0.15, 0.2) is 18.2 Å². The van der Waals surface area contributed by atoms with Crippen LogP contribution >= 0.6 is 0 Å². The maximum absolute atomic E-state index is 6.59. The van der Waals surface area contributed by atoms with Gasteiger partial charge in [0, 0.05) is 18.8 Å². The molecule has 1 aromatic rings. The van der Waals surface area contributed by atoms with Crippen LogP contribution in [0.1, 0.15) is 38.7 Å². The Hall–Kier alpha value is -1.26. The fourth-order valence-electron chi connectivity index (χ4n) is 2.62. The van der Waals surface area contributed by atoms with Crippen molar-refractivity contribution in [2.45, 2.75) is 38.6 Å². The Morgan fingerprint density at radius 1 is 1.10 bits per heavy atom. The summed E-state index contributed by atoms with van der Waals surface area (Å²) in [6, 6.07) is 6.04. The highest BCUT2D eigenvalue weighted by Gasteiger charge is 2.29. The topological polar surface area (TPSA) is 53.7 Å². The van der Waals surface area contributed by atoms with Crippen molar-refractivity contribution >= 4 is 0 Å². The number of rotatable bonds is 5. The molecule has 1 aliphatic rings. The van der Waals surface area contributed by atoms with Gasteiger partial charge in [-0.25, -0.2) is 0 Å². The van der Waals surface area contributed by atoms with E-state index in [0.29, 0.717) is 19.8 Å². The number of benzene rings is 1. The molecule has 0 amide bonds. The highest BCUT2D eigenvalue weighted by Crippen LogP contribution is 2.36. The van der Waals surface area contributed by atoms with Crippen molar-refractivity contribution in [1.82, 2.24) is 0 Å². The fraction of sp³-hybridized carbons (Fsp3) is 0.625. The second-order valence-electron chi connectivity index (χ2n) is 5.15. The molecule has 1 atom stereocenters. The average molecular weight is 279 g/mol. The van der Waals surface area contributed by atoms with Crippen molar-refractivity contribution in [3.05, 3.63) is 23.8 Å². The van der Waals surface area contributed by atoms with Gasteiger partial charge in [-0.2, -0.15) is 0 Å². The van der Waals surface area contributed by atoms with E-state index in [1.54, 1.807) is 0 Å². The van der Waals surface area contributed by atoms with E-state index in [-0.39, 0.29) is 5.54 Å². The SMILES string of the molecule is CCOc1ccc(C2(N)CCCOCC2)cc1OCC. The molecule has 1 saturated heterocycles. The van der Waals surface area contributed by atoms with Gasteiger partial charge < -0.3 is 19.9 Å². The van der Waals surface area contributed by atoms with E-state index in [0.717, 1.165) is 42.9 Å². The quantitative estimate of drug-likeness (QED) is 0.900. The molecule has 1 heterocycles. The van der Waals surface area contributed by atoms with Crippen molar-refractivity contribution < 1.29 is 14.2 Å². The van der Waals surface area contributed by atoms with E-state index in [9.17, 15) is 0 Å². The number of nitrogens with two attached hydrogens (primary N) is 1. The van der Waals surface area contributed by atoms with E-state index >= 15 is 0 Å². The third-order valence-electron chi connectivity index (χ3n) is 3.72. The lowest BCUT2D eigenvalue weighted by molar-refractivity contribution is 0.139. The standard InChI is InChI=1S/C16H25NO3/c1-3-19-14-7-6-13(12-15(14)20-4-2)16(17)8-5-10-18-11-9-16/h6-7,12H,3-5,8-11,17H2,1-2H3. The third-order valence-corrected chi connectivity index (χ3v) is 3.72. The zero-order valence-corrected chi connectivity index (χ0v) is 12.5. The van der Waals surface area contributed by atoms with Crippen LogP contribution in [0.2, 0.25) is 0 Å². The predicted octanol–water partition coefficient (Wildman–Crippen LogP) is 2.84. The summed E-state index contributed by atoms with van der Waals surface area (Å²) >= 11 is 0. The summed E-state index contributed by atoms with van der Waals surface area (Å²) in [5.74, 6) is 1.56. The van der Waals surface area contributed by atoms with E-state index in [4.69, 9.17) is 19.9 Å². The largest absolute Gasteiger partial charge is 0.490 e. The molecule has 4 heteroatoms.